The molecule has 17 heavy (non-hydrogen) atoms. The van der Waals surface area contributed by atoms with Gasteiger partial charge in [-0.05, 0) is 42.8 Å². The van der Waals surface area contributed by atoms with E-state index in [4.69, 9.17) is 21.8 Å². The van der Waals surface area contributed by atoms with Crippen LogP contribution in [0, 0.1) is 0 Å². The second kappa shape index (κ2) is 6.15. The number of rotatable bonds is 5. The first-order valence-corrected chi connectivity index (χ1v) is 6.80. The van der Waals surface area contributed by atoms with Gasteiger partial charge in [0.15, 0.2) is 0 Å². The molecule has 0 spiro atoms. The molecule has 0 aliphatic rings. The molecule has 0 bridgehead atoms. The Bertz CT molecular complexity index is 470. The van der Waals surface area contributed by atoms with Crippen LogP contribution in [0.1, 0.15) is 11.3 Å². The summed E-state index contributed by atoms with van der Waals surface area (Å²) in [5, 5.41) is 0.792. The van der Waals surface area contributed by atoms with Crippen molar-refractivity contribution in [3.63, 3.8) is 0 Å². The number of hydrogen-bond acceptors (Lipinski definition) is 3. The van der Waals surface area contributed by atoms with Gasteiger partial charge in [-0.25, -0.2) is 0 Å². The van der Waals surface area contributed by atoms with Gasteiger partial charge in [-0.2, -0.15) is 0 Å². The molecular formula is C13H14ClNOS. The zero-order valence-corrected chi connectivity index (χ0v) is 10.9. The van der Waals surface area contributed by atoms with E-state index in [9.17, 15) is 0 Å². The van der Waals surface area contributed by atoms with Crippen molar-refractivity contribution in [2.45, 2.75) is 17.1 Å². The Morgan fingerprint density at radius 2 is 2.12 bits per heavy atom. The summed E-state index contributed by atoms with van der Waals surface area (Å²) in [5.41, 5.74) is 6.74. The summed E-state index contributed by atoms with van der Waals surface area (Å²) in [7, 11) is 0. The third-order valence-electron chi connectivity index (χ3n) is 2.42. The molecule has 0 radical (unpaired) electrons. The molecule has 0 fully saturated rings. The lowest BCUT2D eigenvalue weighted by molar-refractivity contribution is 0.530. The van der Waals surface area contributed by atoms with Gasteiger partial charge in [0.1, 0.15) is 5.76 Å². The molecule has 1 heterocycles. The van der Waals surface area contributed by atoms with Crippen molar-refractivity contribution < 1.29 is 4.42 Å². The molecule has 1 aromatic carbocycles. The number of benzene rings is 1. The van der Waals surface area contributed by atoms with Crippen LogP contribution in [0.4, 0.5) is 0 Å². The second-order valence-corrected chi connectivity index (χ2v) is 5.05. The fourth-order valence-electron chi connectivity index (χ4n) is 1.60. The number of nitrogens with two attached hydrogens (primary N) is 1. The summed E-state index contributed by atoms with van der Waals surface area (Å²) < 4.78 is 5.31. The third kappa shape index (κ3) is 3.28. The Labute approximate surface area is 110 Å². The lowest BCUT2D eigenvalue weighted by Crippen LogP contribution is -2.04. The molecule has 2 rings (SSSR count). The summed E-state index contributed by atoms with van der Waals surface area (Å²) in [6, 6.07) is 9.82. The normalized spacial score (nSPS) is 10.7. The van der Waals surface area contributed by atoms with Crippen LogP contribution in [0.25, 0.3) is 0 Å². The minimum Gasteiger partial charge on any atom is -0.468 e. The fraction of sp³-hybridized carbons (Fsp3) is 0.231. The molecule has 2 aromatic rings. The van der Waals surface area contributed by atoms with Gasteiger partial charge in [0.2, 0.25) is 0 Å². The van der Waals surface area contributed by atoms with Crippen LogP contribution in [0.15, 0.2) is 45.9 Å². The second-order valence-electron chi connectivity index (χ2n) is 3.62. The minimum atomic E-state index is 0.609. The average molecular weight is 268 g/mol. The summed E-state index contributed by atoms with van der Waals surface area (Å²) in [5.74, 6) is 1.78. The molecule has 0 amide bonds. The standard InChI is InChI=1S/C13H14ClNOS/c14-12-4-1-5-13(11(12)6-7-15)17-9-10-3-2-8-16-10/h1-5,8H,6-7,9,15H2. The Kier molecular flexibility index (Phi) is 4.54. The number of thioether (sulfide) groups is 1. The van der Waals surface area contributed by atoms with Crippen LogP contribution < -0.4 is 5.73 Å². The van der Waals surface area contributed by atoms with Gasteiger partial charge in [0, 0.05) is 9.92 Å². The van der Waals surface area contributed by atoms with E-state index in [-0.39, 0.29) is 0 Å². The fourth-order valence-corrected chi connectivity index (χ4v) is 2.95. The van der Waals surface area contributed by atoms with E-state index in [1.807, 2.05) is 24.3 Å². The van der Waals surface area contributed by atoms with Crippen molar-refractivity contribution in [1.82, 2.24) is 0 Å². The maximum atomic E-state index is 6.18. The Morgan fingerprint density at radius 3 is 2.82 bits per heavy atom. The Hall–Kier alpha value is -0.900. The van der Waals surface area contributed by atoms with Crippen LogP contribution in [-0.2, 0) is 12.2 Å². The van der Waals surface area contributed by atoms with Crippen LogP contribution >= 0.6 is 23.4 Å². The number of hydrogen-bond donors (Lipinski definition) is 1. The van der Waals surface area contributed by atoms with Gasteiger partial charge in [-0.15, -0.1) is 11.8 Å². The summed E-state index contributed by atoms with van der Waals surface area (Å²) in [6.07, 6.45) is 2.49. The van der Waals surface area contributed by atoms with Crippen molar-refractivity contribution in [1.29, 1.82) is 0 Å². The molecule has 90 valence electrons. The minimum absolute atomic E-state index is 0.609. The number of furan rings is 1. The van der Waals surface area contributed by atoms with Crippen molar-refractivity contribution in [2.75, 3.05) is 6.54 Å². The lowest BCUT2D eigenvalue weighted by Gasteiger charge is -2.09. The van der Waals surface area contributed by atoms with E-state index in [0.717, 1.165) is 28.5 Å². The SMILES string of the molecule is NCCc1c(Cl)cccc1SCc1ccco1. The molecule has 0 saturated heterocycles. The highest BCUT2D eigenvalue weighted by Gasteiger charge is 2.07. The van der Waals surface area contributed by atoms with Gasteiger partial charge < -0.3 is 10.2 Å². The molecule has 0 unspecified atom stereocenters. The van der Waals surface area contributed by atoms with Gasteiger partial charge in [-0.3, -0.25) is 0 Å². The predicted molar refractivity (Wildman–Crippen MR) is 72.5 cm³/mol. The molecule has 2 N–H and O–H groups in total. The number of halogens is 1. The zero-order valence-electron chi connectivity index (χ0n) is 9.36. The zero-order chi connectivity index (χ0) is 12.1. The van der Waals surface area contributed by atoms with Crippen molar-refractivity contribution >= 4 is 23.4 Å². The molecule has 0 aliphatic carbocycles. The molecule has 0 atom stereocenters. The van der Waals surface area contributed by atoms with E-state index in [0.29, 0.717) is 6.54 Å². The molecular weight excluding hydrogens is 254 g/mol. The van der Waals surface area contributed by atoms with Crippen LogP contribution in [0.2, 0.25) is 5.02 Å². The highest BCUT2D eigenvalue weighted by atomic mass is 35.5. The van der Waals surface area contributed by atoms with Crippen LogP contribution in [-0.4, -0.2) is 6.54 Å². The molecule has 0 saturated carbocycles. The van der Waals surface area contributed by atoms with Crippen LogP contribution in [0.3, 0.4) is 0 Å². The van der Waals surface area contributed by atoms with Gasteiger partial charge in [0.05, 0.1) is 12.0 Å². The van der Waals surface area contributed by atoms with Gasteiger partial charge >= 0.3 is 0 Å². The van der Waals surface area contributed by atoms with E-state index in [1.165, 1.54) is 4.90 Å². The first-order valence-electron chi connectivity index (χ1n) is 5.44. The van der Waals surface area contributed by atoms with Crippen LogP contribution in [0.5, 0.6) is 0 Å². The van der Waals surface area contributed by atoms with E-state index in [2.05, 4.69) is 6.07 Å². The molecule has 2 nitrogen and oxygen atoms in total. The van der Waals surface area contributed by atoms with Gasteiger partial charge in [0.25, 0.3) is 0 Å². The monoisotopic (exact) mass is 267 g/mol. The van der Waals surface area contributed by atoms with E-state index >= 15 is 0 Å². The molecule has 4 heteroatoms. The first kappa shape index (κ1) is 12.6. The summed E-state index contributed by atoms with van der Waals surface area (Å²) in [4.78, 5) is 1.18. The highest BCUT2D eigenvalue weighted by Crippen LogP contribution is 2.31. The molecule has 0 aliphatic heterocycles. The topological polar surface area (TPSA) is 39.2 Å². The highest BCUT2D eigenvalue weighted by molar-refractivity contribution is 7.98. The largest absolute Gasteiger partial charge is 0.468 e. The first-order chi connectivity index (χ1) is 8.31. The maximum absolute atomic E-state index is 6.18. The van der Waals surface area contributed by atoms with E-state index < -0.39 is 0 Å². The lowest BCUT2D eigenvalue weighted by atomic mass is 10.1. The van der Waals surface area contributed by atoms with Gasteiger partial charge in [-0.1, -0.05) is 17.7 Å². The van der Waals surface area contributed by atoms with Crippen molar-refractivity contribution in [3.8, 4) is 0 Å². The smallest absolute Gasteiger partial charge is 0.113 e. The summed E-state index contributed by atoms with van der Waals surface area (Å²) in [6.45, 7) is 0.609. The average Bonchev–Trinajstić information content (AvgIpc) is 2.83. The van der Waals surface area contributed by atoms with Crippen molar-refractivity contribution in [2.24, 2.45) is 5.73 Å². The third-order valence-corrected chi connectivity index (χ3v) is 3.90. The quantitative estimate of drug-likeness (QED) is 0.839. The Balaban J connectivity index is 2.11. The summed E-state index contributed by atoms with van der Waals surface area (Å²) >= 11 is 7.90. The van der Waals surface area contributed by atoms with E-state index in [1.54, 1.807) is 18.0 Å². The molecule has 1 aromatic heterocycles. The Morgan fingerprint density at radius 1 is 1.24 bits per heavy atom. The van der Waals surface area contributed by atoms with Crippen molar-refractivity contribution in [3.05, 3.63) is 52.9 Å². The predicted octanol–water partition coefficient (Wildman–Crippen LogP) is 3.73. The maximum Gasteiger partial charge on any atom is 0.113 e.